The zero-order valence-corrected chi connectivity index (χ0v) is 22.3. The van der Waals surface area contributed by atoms with Gasteiger partial charge in [-0.05, 0) is 82.2 Å². The minimum atomic E-state index is -0.290. The van der Waals surface area contributed by atoms with Gasteiger partial charge in [0.1, 0.15) is 11.6 Å². The van der Waals surface area contributed by atoms with E-state index in [1.165, 1.54) is 12.1 Å². The maximum Gasteiger partial charge on any atom is 0.252 e. The summed E-state index contributed by atoms with van der Waals surface area (Å²) < 4.78 is 20.7. The van der Waals surface area contributed by atoms with Crippen molar-refractivity contribution in [2.75, 3.05) is 7.11 Å². The average Bonchev–Trinajstić information content (AvgIpc) is 3.39. The standard InChI is InChI=1S/C30H31FN6O2/c1-4-28(29-33-34-35-37(29)18-22-8-13-26(39-3)14-9-22)36(17-21-6-11-25(31)12-7-21)19-24-16-23-10-5-20(2)15-27(23)32-30(24)38/h5-16,28H,4,17-19H2,1-3H3,(H,32,38)/t28-/m1/s1. The molecule has 0 aliphatic rings. The number of hydrogen-bond acceptors (Lipinski definition) is 6. The van der Waals surface area contributed by atoms with Gasteiger partial charge in [0.25, 0.3) is 5.56 Å². The molecule has 0 saturated carbocycles. The molecule has 0 radical (unpaired) electrons. The van der Waals surface area contributed by atoms with Crippen LogP contribution in [0.25, 0.3) is 10.9 Å². The van der Waals surface area contributed by atoms with Gasteiger partial charge in [0.15, 0.2) is 5.82 Å². The number of benzene rings is 3. The summed E-state index contributed by atoms with van der Waals surface area (Å²) in [4.78, 5) is 18.4. The molecule has 0 saturated heterocycles. The number of aromatic nitrogens is 5. The van der Waals surface area contributed by atoms with E-state index in [9.17, 15) is 9.18 Å². The Hall–Kier alpha value is -4.37. The van der Waals surface area contributed by atoms with Crippen molar-refractivity contribution in [3.8, 4) is 5.75 Å². The fraction of sp³-hybridized carbons (Fsp3) is 0.267. The number of rotatable bonds is 10. The quantitative estimate of drug-likeness (QED) is 0.270. The molecular weight excluding hydrogens is 495 g/mol. The first-order valence-corrected chi connectivity index (χ1v) is 12.9. The second-order valence-electron chi connectivity index (χ2n) is 9.71. The number of H-pyrrole nitrogens is 1. The highest BCUT2D eigenvalue weighted by Gasteiger charge is 2.26. The molecule has 39 heavy (non-hydrogen) atoms. The molecule has 0 bridgehead atoms. The van der Waals surface area contributed by atoms with E-state index in [-0.39, 0.29) is 17.4 Å². The van der Waals surface area contributed by atoms with Crippen LogP contribution in [0.2, 0.25) is 0 Å². The van der Waals surface area contributed by atoms with Crippen molar-refractivity contribution in [2.24, 2.45) is 0 Å². The molecule has 0 unspecified atom stereocenters. The van der Waals surface area contributed by atoms with Crippen molar-refractivity contribution in [2.45, 2.75) is 45.9 Å². The lowest BCUT2D eigenvalue weighted by Gasteiger charge is -2.30. The first kappa shape index (κ1) is 26.2. The number of nitrogens with zero attached hydrogens (tertiary/aromatic N) is 5. The summed E-state index contributed by atoms with van der Waals surface area (Å²) in [5.41, 5.74) is 4.36. The van der Waals surface area contributed by atoms with Gasteiger partial charge in [0, 0.05) is 24.2 Å². The lowest BCUT2D eigenvalue weighted by atomic mass is 10.1. The van der Waals surface area contributed by atoms with Crippen LogP contribution in [-0.4, -0.2) is 37.2 Å². The summed E-state index contributed by atoms with van der Waals surface area (Å²) in [5.74, 6) is 1.19. The zero-order valence-electron chi connectivity index (χ0n) is 22.3. The Morgan fingerprint density at radius 1 is 1.00 bits per heavy atom. The third-order valence-electron chi connectivity index (χ3n) is 6.93. The predicted molar refractivity (Wildman–Crippen MR) is 148 cm³/mol. The first-order valence-electron chi connectivity index (χ1n) is 12.9. The second-order valence-corrected chi connectivity index (χ2v) is 9.71. The monoisotopic (exact) mass is 526 g/mol. The molecule has 5 rings (SSSR count). The third-order valence-corrected chi connectivity index (χ3v) is 6.93. The Labute approximate surface area is 226 Å². The normalized spacial score (nSPS) is 12.2. The summed E-state index contributed by atoms with van der Waals surface area (Å²) >= 11 is 0. The summed E-state index contributed by atoms with van der Waals surface area (Å²) in [6, 6.07) is 22.0. The van der Waals surface area contributed by atoms with Crippen LogP contribution in [0.3, 0.4) is 0 Å². The molecule has 2 heterocycles. The fourth-order valence-electron chi connectivity index (χ4n) is 4.87. The minimum Gasteiger partial charge on any atom is -0.497 e. The molecule has 200 valence electrons. The van der Waals surface area contributed by atoms with E-state index < -0.39 is 0 Å². The van der Waals surface area contributed by atoms with E-state index in [1.807, 2.05) is 55.5 Å². The summed E-state index contributed by atoms with van der Waals surface area (Å²) in [7, 11) is 1.64. The molecule has 9 heteroatoms. The molecule has 5 aromatic rings. The van der Waals surface area contributed by atoms with Gasteiger partial charge < -0.3 is 9.72 Å². The molecule has 2 aromatic heterocycles. The number of methoxy groups -OCH3 is 1. The molecule has 0 spiro atoms. The number of tetrazole rings is 1. The van der Waals surface area contributed by atoms with Gasteiger partial charge in [-0.15, -0.1) is 5.10 Å². The highest BCUT2D eigenvalue weighted by molar-refractivity contribution is 5.79. The van der Waals surface area contributed by atoms with Gasteiger partial charge in [-0.1, -0.05) is 43.3 Å². The van der Waals surface area contributed by atoms with Gasteiger partial charge in [-0.2, -0.15) is 0 Å². The summed E-state index contributed by atoms with van der Waals surface area (Å²) in [5, 5.41) is 13.6. The molecule has 0 aliphatic heterocycles. The van der Waals surface area contributed by atoms with Crippen LogP contribution < -0.4 is 10.3 Å². The van der Waals surface area contributed by atoms with Gasteiger partial charge in [0.2, 0.25) is 0 Å². The number of aryl methyl sites for hydroxylation is 1. The van der Waals surface area contributed by atoms with Gasteiger partial charge in [-0.3, -0.25) is 9.69 Å². The fourth-order valence-corrected chi connectivity index (χ4v) is 4.87. The van der Waals surface area contributed by atoms with Crippen molar-refractivity contribution >= 4 is 10.9 Å². The van der Waals surface area contributed by atoms with Crippen molar-refractivity contribution in [3.05, 3.63) is 117 Å². The van der Waals surface area contributed by atoms with Crippen LogP contribution in [0.1, 0.15) is 47.5 Å². The Balaban J connectivity index is 1.50. The van der Waals surface area contributed by atoms with Gasteiger partial charge >= 0.3 is 0 Å². The summed E-state index contributed by atoms with van der Waals surface area (Å²) in [6.07, 6.45) is 0.703. The summed E-state index contributed by atoms with van der Waals surface area (Å²) in [6.45, 7) is 5.41. The van der Waals surface area contributed by atoms with Crippen LogP contribution in [0.5, 0.6) is 5.75 Å². The third kappa shape index (κ3) is 6.04. The maximum absolute atomic E-state index is 13.7. The molecule has 0 aliphatic carbocycles. The predicted octanol–water partition coefficient (Wildman–Crippen LogP) is 5.17. The number of nitrogens with one attached hydrogen (secondary N) is 1. The number of pyridine rings is 1. The maximum atomic E-state index is 13.7. The van der Waals surface area contributed by atoms with Crippen molar-refractivity contribution in [1.29, 1.82) is 0 Å². The van der Waals surface area contributed by atoms with Crippen molar-refractivity contribution in [1.82, 2.24) is 30.1 Å². The van der Waals surface area contributed by atoms with Crippen LogP contribution in [0.15, 0.2) is 77.6 Å². The highest BCUT2D eigenvalue weighted by atomic mass is 19.1. The Bertz CT molecular complexity index is 1610. The lowest BCUT2D eigenvalue weighted by molar-refractivity contribution is 0.161. The lowest BCUT2D eigenvalue weighted by Crippen LogP contribution is -2.32. The number of fused-ring (bicyclic) bond motifs is 1. The van der Waals surface area contributed by atoms with Crippen LogP contribution >= 0.6 is 0 Å². The largest absolute Gasteiger partial charge is 0.497 e. The molecule has 0 amide bonds. The van der Waals surface area contributed by atoms with Gasteiger partial charge in [0.05, 0.1) is 19.7 Å². The molecule has 3 aromatic carbocycles. The Kier molecular flexibility index (Phi) is 7.79. The van der Waals surface area contributed by atoms with E-state index in [2.05, 4.69) is 32.3 Å². The SMILES string of the molecule is CC[C@H](c1nnnn1Cc1ccc(OC)cc1)N(Cc1ccc(F)cc1)Cc1cc2ccc(C)cc2[nH]c1=O. The smallest absolute Gasteiger partial charge is 0.252 e. The van der Waals surface area contributed by atoms with E-state index in [1.54, 1.807) is 23.9 Å². The molecule has 1 atom stereocenters. The first-order chi connectivity index (χ1) is 18.9. The van der Waals surface area contributed by atoms with E-state index in [0.29, 0.717) is 37.4 Å². The topological polar surface area (TPSA) is 88.9 Å². The van der Waals surface area contributed by atoms with E-state index >= 15 is 0 Å². The molecular formula is C30H31FN6O2. The number of halogens is 1. The Morgan fingerprint density at radius 3 is 2.46 bits per heavy atom. The zero-order chi connectivity index (χ0) is 27.4. The number of hydrogen-bond donors (Lipinski definition) is 1. The van der Waals surface area contributed by atoms with E-state index in [4.69, 9.17) is 4.74 Å². The van der Waals surface area contributed by atoms with E-state index in [0.717, 1.165) is 33.3 Å². The molecule has 8 nitrogen and oxygen atoms in total. The Morgan fingerprint density at radius 2 is 1.74 bits per heavy atom. The average molecular weight is 527 g/mol. The number of aromatic amines is 1. The van der Waals surface area contributed by atoms with Gasteiger partial charge in [-0.25, -0.2) is 9.07 Å². The van der Waals surface area contributed by atoms with Crippen LogP contribution in [0, 0.1) is 12.7 Å². The minimum absolute atomic E-state index is 0.134. The van der Waals surface area contributed by atoms with Crippen LogP contribution in [-0.2, 0) is 19.6 Å². The molecule has 0 fully saturated rings. The second kappa shape index (κ2) is 11.6. The van der Waals surface area contributed by atoms with Crippen molar-refractivity contribution < 1.29 is 9.13 Å². The highest BCUT2D eigenvalue weighted by Crippen LogP contribution is 2.27. The van der Waals surface area contributed by atoms with Crippen LogP contribution in [0.4, 0.5) is 4.39 Å². The molecule has 1 N–H and O–H groups in total. The van der Waals surface area contributed by atoms with Crippen molar-refractivity contribution in [3.63, 3.8) is 0 Å². The number of ether oxygens (including phenoxy) is 1.